The molecule has 0 saturated carbocycles. The molecule has 172 valence electrons. The summed E-state index contributed by atoms with van der Waals surface area (Å²) in [6.07, 6.45) is -0.101. The fraction of sp³-hybridized carbons (Fsp3) is 0.500. The molecule has 8 nitrogen and oxygen atoms in total. The lowest BCUT2D eigenvalue weighted by atomic mass is 9.77. The number of nitrogens with zero attached hydrogens (tertiary/aromatic N) is 1. The Hall–Kier alpha value is -2.84. The van der Waals surface area contributed by atoms with Crippen molar-refractivity contribution in [3.63, 3.8) is 0 Å². The summed E-state index contributed by atoms with van der Waals surface area (Å²) in [4.78, 5) is 2.35. The minimum Gasteiger partial charge on any atom is -0.493 e. The molecular weight excluding hydrogens is 414 g/mol. The van der Waals surface area contributed by atoms with Crippen LogP contribution in [0.1, 0.15) is 24.0 Å². The largest absolute Gasteiger partial charge is 0.493 e. The van der Waals surface area contributed by atoms with E-state index in [0.29, 0.717) is 36.2 Å². The third-order valence-corrected chi connectivity index (χ3v) is 6.52. The van der Waals surface area contributed by atoms with Gasteiger partial charge >= 0.3 is 0 Å². The molecule has 3 aliphatic rings. The van der Waals surface area contributed by atoms with Crippen LogP contribution in [0.15, 0.2) is 24.3 Å². The molecule has 0 spiro atoms. The van der Waals surface area contributed by atoms with Gasteiger partial charge in [-0.05, 0) is 23.8 Å². The number of fused-ring (bicyclic) bond motifs is 2. The highest BCUT2D eigenvalue weighted by atomic mass is 16.7. The summed E-state index contributed by atoms with van der Waals surface area (Å²) >= 11 is 0. The molecule has 0 bridgehead atoms. The molecule has 2 aromatic rings. The van der Waals surface area contributed by atoms with E-state index in [1.54, 1.807) is 21.3 Å². The van der Waals surface area contributed by atoms with Crippen LogP contribution in [0.3, 0.4) is 0 Å². The van der Waals surface area contributed by atoms with Gasteiger partial charge < -0.3 is 33.2 Å². The van der Waals surface area contributed by atoms with Crippen LogP contribution in [0.5, 0.6) is 34.5 Å². The number of benzene rings is 2. The topological polar surface area (TPSA) is 67.9 Å². The van der Waals surface area contributed by atoms with Crippen LogP contribution in [-0.2, 0) is 4.74 Å². The van der Waals surface area contributed by atoms with Gasteiger partial charge in [-0.2, -0.15) is 0 Å². The Morgan fingerprint density at radius 3 is 2.12 bits per heavy atom. The van der Waals surface area contributed by atoms with E-state index in [2.05, 4.69) is 11.8 Å². The minimum absolute atomic E-state index is 0.0230. The number of ether oxygens (including phenoxy) is 7. The predicted octanol–water partition coefficient (Wildman–Crippen LogP) is 3.26. The summed E-state index contributed by atoms with van der Waals surface area (Å²) in [5.41, 5.74) is 2.12. The number of morpholine rings is 1. The highest BCUT2D eigenvalue weighted by Crippen LogP contribution is 2.51. The fourth-order valence-corrected chi connectivity index (χ4v) is 4.97. The second-order valence-electron chi connectivity index (χ2n) is 8.20. The lowest BCUT2D eigenvalue weighted by Gasteiger charge is -2.44. The molecule has 1 fully saturated rings. The molecular formula is C24H29NO7. The molecule has 0 amide bonds. The molecule has 0 radical (unpaired) electrons. The second-order valence-corrected chi connectivity index (χ2v) is 8.20. The van der Waals surface area contributed by atoms with Gasteiger partial charge in [-0.15, -0.1) is 0 Å². The SMILES string of the molecule is COc1cc([C@H]2c3cc4c(cc3O[C@H](N3CCOCC3)[C@H]2C)OCO4)cc(OC)c1OC. The van der Waals surface area contributed by atoms with Gasteiger partial charge in [0.25, 0.3) is 0 Å². The summed E-state index contributed by atoms with van der Waals surface area (Å²) < 4.78 is 40.3. The molecule has 3 aliphatic heterocycles. The van der Waals surface area contributed by atoms with Crippen molar-refractivity contribution in [2.24, 2.45) is 5.92 Å². The van der Waals surface area contributed by atoms with Gasteiger partial charge in [-0.25, -0.2) is 0 Å². The van der Waals surface area contributed by atoms with Crippen molar-refractivity contribution >= 4 is 0 Å². The summed E-state index contributed by atoms with van der Waals surface area (Å²) in [7, 11) is 4.88. The molecule has 0 unspecified atom stereocenters. The van der Waals surface area contributed by atoms with Gasteiger partial charge in [0.15, 0.2) is 29.2 Å². The zero-order valence-corrected chi connectivity index (χ0v) is 18.9. The zero-order chi connectivity index (χ0) is 22.2. The van der Waals surface area contributed by atoms with E-state index < -0.39 is 0 Å². The summed E-state index contributed by atoms with van der Waals surface area (Å²) in [5, 5.41) is 0. The Morgan fingerprint density at radius 2 is 1.50 bits per heavy atom. The van der Waals surface area contributed by atoms with Gasteiger partial charge in [0.2, 0.25) is 12.5 Å². The summed E-state index contributed by atoms with van der Waals surface area (Å²) in [6, 6.07) is 8.04. The maximum absolute atomic E-state index is 6.57. The van der Waals surface area contributed by atoms with Crippen LogP contribution < -0.4 is 28.4 Å². The van der Waals surface area contributed by atoms with Gasteiger partial charge in [0.05, 0.1) is 34.5 Å². The summed E-state index contributed by atoms with van der Waals surface area (Å²) in [5.74, 6) is 4.26. The molecule has 8 heteroatoms. The van der Waals surface area contributed by atoms with Crippen LogP contribution in [0.25, 0.3) is 0 Å². The monoisotopic (exact) mass is 443 g/mol. The molecule has 32 heavy (non-hydrogen) atoms. The standard InChI is InChI=1S/C24H29NO7/c1-14-22(15-9-20(26-2)23(28-4)21(10-15)27-3)16-11-18-19(31-13-30-18)12-17(16)32-24(14)25-5-7-29-8-6-25/h9-12,14,22,24H,5-8,13H2,1-4H3/t14-,22-,24-/m0/s1. The lowest BCUT2D eigenvalue weighted by Crippen LogP contribution is -2.52. The van der Waals surface area contributed by atoms with Gasteiger partial charge in [-0.3, -0.25) is 4.90 Å². The third-order valence-electron chi connectivity index (χ3n) is 6.52. The van der Waals surface area contributed by atoms with Crippen molar-refractivity contribution in [3.05, 3.63) is 35.4 Å². The lowest BCUT2D eigenvalue weighted by molar-refractivity contribution is -0.0784. The Morgan fingerprint density at radius 1 is 0.844 bits per heavy atom. The van der Waals surface area contributed by atoms with Crippen LogP contribution >= 0.6 is 0 Å². The maximum atomic E-state index is 6.57. The van der Waals surface area contributed by atoms with E-state index in [0.717, 1.165) is 35.7 Å². The summed E-state index contributed by atoms with van der Waals surface area (Å²) in [6.45, 7) is 5.51. The average Bonchev–Trinajstić information content (AvgIpc) is 3.29. The molecule has 2 aromatic carbocycles. The van der Waals surface area contributed by atoms with Crippen molar-refractivity contribution in [1.29, 1.82) is 0 Å². The van der Waals surface area contributed by atoms with Crippen LogP contribution in [0.2, 0.25) is 0 Å². The molecule has 3 atom stereocenters. The average molecular weight is 443 g/mol. The van der Waals surface area contributed by atoms with Gasteiger partial charge in [0, 0.05) is 36.6 Å². The number of hydrogen-bond donors (Lipinski definition) is 0. The van der Waals surface area contributed by atoms with Crippen molar-refractivity contribution in [2.75, 3.05) is 54.4 Å². The zero-order valence-electron chi connectivity index (χ0n) is 18.9. The Bertz CT molecular complexity index is 964. The van der Waals surface area contributed by atoms with E-state index >= 15 is 0 Å². The molecule has 0 aromatic heterocycles. The molecule has 0 aliphatic carbocycles. The molecule has 0 N–H and O–H groups in total. The van der Waals surface area contributed by atoms with Crippen molar-refractivity contribution in [3.8, 4) is 34.5 Å². The highest BCUT2D eigenvalue weighted by Gasteiger charge is 2.41. The van der Waals surface area contributed by atoms with Crippen molar-refractivity contribution in [1.82, 2.24) is 4.90 Å². The van der Waals surface area contributed by atoms with Gasteiger partial charge in [-0.1, -0.05) is 6.92 Å². The Kier molecular flexibility index (Phi) is 5.65. The maximum Gasteiger partial charge on any atom is 0.231 e. The van der Waals surface area contributed by atoms with Crippen molar-refractivity contribution < 1.29 is 33.2 Å². The number of methoxy groups -OCH3 is 3. The fourth-order valence-electron chi connectivity index (χ4n) is 4.97. The van der Waals surface area contributed by atoms with Crippen LogP contribution in [0, 0.1) is 5.92 Å². The predicted molar refractivity (Wildman–Crippen MR) is 116 cm³/mol. The Balaban J connectivity index is 1.64. The van der Waals surface area contributed by atoms with Crippen LogP contribution in [-0.4, -0.2) is 65.6 Å². The Labute approximate surface area is 187 Å². The van der Waals surface area contributed by atoms with Gasteiger partial charge in [0.1, 0.15) is 5.75 Å². The molecule has 3 heterocycles. The number of hydrogen-bond acceptors (Lipinski definition) is 8. The minimum atomic E-state index is -0.101. The first kappa shape index (κ1) is 21.0. The van der Waals surface area contributed by atoms with E-state index in [1.807, 2.05) is 24.3 Å². The van der Waals surface area contributed by atoms with Crippen molar-refractivity contribution in [2.45, 2.75) is 19.1 Å². The normalized spacial score (nSPS) is 24.4. The van der Waals surface area contributed by atoms with E-state index in [4.69, 9.17) is 33.2 Å². The highest BCUT2D eigenvalue weighted by molar-refractivity contribution is 5.60. The van der Waals surface area contributed by atoms with E-state index in [1.165, 1.54) is 0 Å². The second kappa shape index (κ2) is 8.60. The molecule has 5 rings (SSSR count). The van der Waals surface area contributed by atoms with E-state index in [9.17, 15) is 0 Å². The first-order valence-corrected chi connectivity index (χ1v) is 10.9. The first-order valence-electron chi connectivity index (χ1n) is 10.9. The number of rotatable bonds is 5. The first-order chi connectivity index (χ1) is 15.6. The van der Waals surface area contributed by atoms with Crippen LogP contribution in [0.4, 0.5) is 0 Å². The van der Waals surface area contributed by atoms with E-state index in [-0.39, 0.29) is 24.9 Å². The smallest absolute Gasteiger partial charge is 0.231 e. The third kappa shape index (κ3) is 3.47. The molecule has 1 saturated heterocycles. The quantitative estimate of drug-likeness (QED) is 0.698.